The Morgan fingerprint density at radius 1 is 1.36 bits per heavy atom. The molecule has 0 spiro atoms. The Morgan fingerprint density at radius 2 is 2.14 bits per heavy atom. The number of isocyanates is 1. The quantitative estimate of drug-likeness (QED) is 0.407. The molecule has 68 valence electrons. The second-order valence-electron chi connectivity index (χ2n) is 2.68. The van der Waals surface area contributed by atoms with E-state index < -0.39 is 0 Å². The zero-order chi connectivity index (χ0) is 9.97. The minimum Gasteiger partial charge on any atom is -0.236 e. The first-order valence-electron chi connectivity index (χ1n) is 3.94. The van der Waals surface area contributed by atoms with E-state index in [1.54, 1.807) is 0 Å². The SMILES string of the molecule is O=C=Nc1cc(Cl)nc2ccccc12. The standard InChI is InChI=1S/C10H5ClN2O/c11-10-5-9(12-6-14)7-3-1-2-4-8(7)13-10/h1-5H. The molecule has 14 heavy (non-hydrogen) atoms. The van der Waals surface area contributed by atoms with E-state index in [2.05, 4.69) is 9.98 Å². The first-order valence-corrected chi connectivity index (χ1v) is 4.32. The Morgan fingerprint density at radius 3 is 2.93 bits per heavy atom. The molecule has 0 atom stereocenters. The molecule has 0 aliphatic rings. The summed E-state index contributed by atoms with van der Waals surface area (Å²) < 4.78 is 0. The maximum absolute atomic E-state index is 10.2. The first kappa shape index (κ1) is 8.88. The molecule has 1 aromatic heterocycles. The van der Waals surface area contributed by atoms with Crippen LogP contribution in [0.2, 0.25) is 5.15 Å². The van der Waals surface area contributed by atoms with Crippen LogP contribution in [0, 0.1) is 0 Å². The molecule has 0 saturated heterocycles. The van der Waals surface area contributed by atoms with E-state index in [0.717, 1.165) is 5.39 Å². The smallest absolute Gasteiger partial charge is 0.236 e. The maximum atomic E-state index is 10.2. The van der Waals surface area contributed by atoms with Gasteiger partial charge in [-0.05, 0) is 6.07 Å². The number of hydrogen-bond donors (Lipinski definition) is 0. The summed E-state index contributed by atoms with van der Waals surface area (Å²) in [5, 5.41) is 1.11. The highest BCUT2D eigenvalue weighted by atomic mass is 35.5. The predicted molar refractivity (Wildman–Crippen MR) is 54.5 cm³/mol. The molecule has 0 aliphatic carbocycles. The number of fused-ring (bicyclic) bond motifs is 1. The topological polar surface area (TPSA) is 42.3 Å². The molecular formula is C10H5ClN2O. The Balaban J connectivity index is 2.86. The van der Waals surface area contributed by atoms with Gasteiger partial charge < -0.3 is 0 Å². The van der Waals surface area contributed by atoms with Gasteiger partial charge in [-0.15, -0.1) is 0 Å². The van der Waals surface area contributed by atoms with Gasteiger partial charge in [0.25, 0.3) is 0 Å². The number of aliphatic imine (C=N–C) groups is 1. The van der Waals surface area contributed by atoms with Gasteiger partial charge in [-0.3, -0.25) is 0 Å². The van der Waals surface area contributed by atoms with E-state index >= 15 is 0 Å². The van der Waals surface area contributed by atoms with E-state index in [0.29, 0.717) is 16.4 Å². The van der Waals surface area contributed by atoms with Crippen LogP contribution in [0.3, 0.4) is 0 Å². The molecule has 3 nitrogen and oxygen atoms in total. The monoisotopic (exact) mass is 204 g/mol. The Bertz CT molecular complexity index is 533. The van der Waals surface area contributed by atoms with Crippen molar-refractivity contribution in [3.05, 3.63) is 35.5 Å². The van der Waals surface area contributed by atoms with Crippen molar-refractivity contribution in [3.8, 4) is 0 Å². The molecule has 0 bridgehead atoms. The van der Waals surface area contributed by atoms with Gasteiger partial charge in [-0.1, -0.05) is 29.8 Å². The summed E-state index contributed by atoms with van der Waals surface area (Å²) >= 11 is 5.76. The number of aromatic nitrogens is 1. The number of para-hydroxylation sites is 1. The molecule has 0 radical (unpaired) electrons. The molecule has 0 fully saturated rings. The Kier molecular flexibility index (Phi) is 2.27. The second kappa shape index (κ2) is 3.58. The summed E-state index contributed by atoms with van der Waals surface area (Å²) in [7, 11) is 0. The van der Waals surface area contributed by atoms with Crippen LogP contribution < -0.4 is 0 Å². The van der Waals surface area contributed by atoms with E-state index in [-0.39, 0.29) is 0 Å². The van der Waals surface area contributed by atoms with Crippen LogP contribution in [0.1, 0.15) is 0 Å². The molecule has 4 heteroatoms. The average molecular weight is 205 g/mol. The molecule has 2 rings (SSSR count). The van der Waals surface area contributed by atoms with Crippen molar-refractivity contribution in [2.75, 3.05) is 0 Å². The number of hydrogen-bond acceptors (Lipinski definition) is 3. The highest BCUT2D eigenvalue weighted by Crippen LogP contribution is 2.26. The van der Waals surface area contributed by atoms with Crippen LogP contribution in [0.25, 0.3) is 10.9 Å². The molecule has 2 aromatic rings. The minimum absolute atomic E-state index is 0.317. The lowest BCUT2D eigenvalue weighted by atomic mass is 10.2. The third-order valence-corrected chi connectivity index (χ3v) is 2.02. The van der Waals surface area contributed by atoms with E-state index in [1.165, 1.54) is 12.1 Å². The lowest BCUT2D eigenvalue weighted by molar-refractivity contribution is 0.565. The molecule has 1 aromatic carbocycles. The van der Waals surface area contributed by atoms with Gasteiger partial charge >= 0.3 is 0 Å². The summed E-state index contributed by atoms with van der Waals surface area (Å²) in [4.78, 5) is 17.8. The zero-order valence-corrected chi connectivity index (χ0v) is 7.82. The van der Waals surface area contributed by atoms with Gasteiger partial charge in [0.1, 0.15) is 5.15 Å². The average Bonchev–Trinajstić information content (AvgIpc) is 2.18. The molecule has 1 heterocycles. The highest BCUT2D eigenvalue weighted by molar-refractivity contribution is 6.30. The first-order chi connectivity index (χ1) is 6.81. The van der Waals surface area contributed by atoms with Crippen molar-refractivity contribution in [1.29, 1.82) is 0 Å². The van der Waals surface area contributed by atoms with Crippen LogP contribution in [0.5, 0.6) is 0 Å². The van der Waals surface area contributed by atoms with E-state index in [4.69, 9.17) is 11.6 Å². The number of pyridine rings is 1. The van der Waals surface area contributed by atoms with Crippen LogP contribution in [-0.4, -0.2) is 11.1 Å². The minimum atomic E-state index is 0.317. The van der Waals surface area contributed by atoms with Crippen molar-refractivity contribution in [2.45, 2.75) is 0 Å². The Labute approximate surface area is 85.1 Å². The number of halogens is 1. The van der Waals surface area contributed by atoms with Gasteiger partial charge in [0.05, 0.1) is 11.2 Å². The zero-order valence-electron chi connectivity index (χ0n) is 7.07. The van der Waals surface area contributed by atoms with Crippen molar-refractivity contribution in [2.24, 2.45) is 4.99 Å². The number of nitrogens with zero attached hydrogens (tertiary/aromatic N) is 2. The normalized spacial score (nSPS) is 9.79. The fourth-order valence-corrected chi connectivity index (χ4v) is 1.46. The molecule has 0 saturated carbocycles. The van der Waals surface area contributed by atoms with Crippen molar-refractivity contribution in [1.82, 2.24) is 4.98 Å². The van der Waals surface area contributed by atoms with Crippen LogP contribution in [0.4, 0.5) is 5.69 Å². The van der Waals surface area contributed by atoms with Gasteiger partial charge in [0, 0.05) is 11.5 Å². The maximum Gasteiger partial charge on any atom is 0.240 e. The summed E-state index contributed by atoms with van der Waals surface area (Å²) in [5.74, 6) is 0. The highest BCUT2D eigenvalue weighted by Gasteiger charge is 2.02. The number of rotatable bonds is 1. The van der Waals surface area contributed by atoms with Crippen molar-refractivity contribution in [3.63, 3.8) is 0 Å². The van der Waals surface area contributed by atoms with Gasteiger partial charge in [-0.2, -0.15) is 4.99 Å². The molecule has 0 amide bonds. The Hall–Kier alpha value is -1.70. The largest absolute Gasteiger partial charge is 0.240 e. The third-order valence-electron chi connectivity index (χ3n) is 1.83. The van der Waals surface area contributed by atoms with Crippen molar-refractivity contribution >= 4 is 34.3 Å². The number of carbonyl (C=O) groups excluding carboxylic acids is 1. The molecule has 0 N–H and O–H groups in total. The third kappa shape index (κ3) is 1.51. The fraction of sp³-hybridized carbons (Fsp3) is 0. The summed E-state index contributed by atoms with van der Waals surface area (Å²) in [6, 6.07) is 8.87. The van der Waals surface area contributed by atoms with E-state index in [9.17, 15) is 4.79 Å². The molecule has 0 unspecified atom stereocenters. The predicted octanol–water partition coefficient (Wildman–Crippen LogP) is 2.86. The molecule has 0 aliphatic heterocycles. The lowest BCUT2D eigenvalue weighted by Gasteiger charge is -1.99. The van der Waals surface area contributed by atoms with Crippen molar-refractivity contribution < 1.29 is 4.79 Å². The van der Waals surface area contributed by atoms with Crippen LogP contribution >= 0.6 is 11.6 Å². The van der Waals surface area contributed by atoms with Crippen LogP contribution in [-0.2, 0) is 4.79 Å². The van der Waals surface area contributed by atoms with Gasteiger partial charge in [0.2, 0.25) is 6.08 Å². The molecular weight excluding hydrogens is 200 g/mol. The van der Waals surface area contributed by atoms with Gasteiger partial charge in [-0.25, -0.2) is 9.78 Å². The number of benzene rings is 1. The summed E-state index contributed by atoms with van der Waals surface area (Å²) in [6.45, 7) is 0. The summed E-state index contributed by atoms with van der Waals surface area (Å²) in [5.41, 5.74) is 1.21. The second-order valence-corrected chi connectivity index (χ2v) is 3.07. The van der Waals surface area contributed by atoms with Gasteiger partial charge in [0.15, 0.2) is 0 Å². The lowest BCUT2D eigenvalue weighted by Crippen LogP contribution is -1.79. The van der Waals surface area contributed by atoms with E-state index in [1.807, 2.05) is 24.3 Å². The van der Waals surface area contributed by atoms with Crippen LogP contribution in [0.15, 0.2) is 35.3 Å². The summed E-state index contributed by atoms with van der Waals surface area (Å²) in [6.07, 6.45) is 1.49. The fourth-order valence-electron chi connectivity index (χ4n) is 1.27.